The Morgan fingerprint density at radius 3 is 2.57 bits per heavy atom. The van der Waals surface area contributed by atoms with Gasteiger partial charge in [0.05, 0.1) is 30.5 Å². The molecular weight excluding hydrogens is 356 g/mol. The second kappa shape index (κ2) is 8.52. The van der Waals surface area contributed by atoms with Crippen LogP contribution in [0.2, 0.25) is 0 Å². The van der Waals surface area contributed by atoms with Crippen molar-refractivity contribution < 1.29 is 19.1 Å². The molecule has 3 rings (SSSR count). The zero-order chi connectivity index (χ0) is 20.1. The zero-order valence-corrected chi connectivity index (χ0v) is 16.1. The van der Waals surface area contributed by atoms with E-state index < -0.39 is 11.9 Å². The van der Waals surface area contributed by atoms with E-state index in [1.165, 1.54) is 13.3 Å². The summed E-state index contributed by atoms with van der Waals surface area (Å²) in [4.78, 5) is 28.9. The summed E-state index contributed by atoms with van der Waals surface area (Å²) in [6.45, 7) is 4.07. The molecule has 0 saturated carbocycles. The monoisotopic (exact) mass is 378 g/mol. The Bertz CT molecular complexity index is 1030. The van der Waals surface area contributed by atoms with E-state index in [1.54, 1.807) is 25.1 Å². The van der Waals surface area contributed by atoms with Crippen LogP contribution in [0.4, 0.5) is 11.4 Å². The molecule has 0 unspecified atom stereocenters. The van der Waals surface area contributed by atoms with Gasteiger partial charge in [0.25, 0.3) is 0 Å². The van der Waals surface area contributed by atoms with Gasteiger partial charge >= 0.3 is 11.9 Å². The number of nitrogens with zero attached hydrogens (tertiary/aromatic N) is 1. The molecule has 2 aromatic carbocycles. The van der Waals surface area contributed by atoms with Crippen LogP contribution in [0.1, 0.15) is 40.1 Å². The third-order valence-corrected chi connectivity index (χ3v) is 4.44. The number of aryl methyl sites for hydroxylation is 1. The average Bonchev–Trinajstić information content (AvgIpc) is 2.73. The molecular formula is C22H22N2O4. The number of anilines is 2. The first kappa shape index (κ1) is 19.4. The molecule has 0 aliphatic carbocycles. The van der Waals surface area contributed by atoms with Crippen molar-refractivity contribution in [3.8, 4) is 0 Å². The van der Waals surface area contributed by atoms with Gasteiger partial charge in [-0.1, -0.05) is 25.1 Å². The molecule has 3 aromatic rings. The number of benzene rings is 2. The van der Waals surface area contributed by atoms with Gasteiger partial charge in [0, 0.05) is 17.3 Å². The van der Waals surface area contributed by atoms with Crippen molar-refractivity contribution in [3.63, 3.8) is 0 Å². The summed E-state index contributed by atoms with van der Waals surface area (Å²) in [6, 6.07) is 12.9. The molecule has 0 atom stereocenters. The van der Waals surface area contributed by atoms with Crippen molar-refractivity contribution in [2.75, 3.05) is 19.0 Å². The third-order valence-electron chi connectivity index (χ3n) is 4.44. The van der Waals surface area contributed by atoms with Crippen LogP contribution in [0, 0.1) is 0 Å². The molecule has 0 bridgehead atoms. The lowest BCUT2D eigenvalue weighted by atomic mass is 10.0. The first-order valence-electron chi connectivity index (χ1n) is 9.12. The summed E-state index contributed by atoms with van der Waals surface area (Å²) in [5, 5.41) is 4.00. The Kier molecular flexibility index (Phi) is 5.89. The summed E-state index contributed by atoms with van der Waals surface area (Å²) in [6.07, 6.45) is 2.32. The number of ether oxygens (including phenoxy) is 2. The first-order valence-corrected chi connectivity index (χ1v) is 9.12. The molecule has 1 N–H and O–H groups in total. The highest BCUT2D eigenvalue weighted by Crippen LogP contribution is 2.32. The zero-order valence-electron chi connectivity index (χ0n) is 16.1. The van der Waals surface area contributed by atoms with Gasteiger partial charge in [-0.05, 0) is 43.2 Å². The predicted octanol–water partition coefficient (Wildman–Crippen LogP) is 4.50. The Morgan fingerprint density at radius 1 is 1.07 bits per heavy atom. The lowest BCUT2D eigenvalue weighted by molar-refractivity contribution is 0.0526. The van der Waals surface area contributed by atoms with Crippen LogP contribution in [0.25, 0.3) is 10.9 Å². The fourth-order valence-corrected chi connectivity index (χ4v) is 3.02. The van der Waals surface area contributed by atoms with Crippen LogP contribution in [0.15, 0.2) is 48.7 Å². The van der Waals surface area contributed by atoms with E-state index in [9.17, 15) is 9.59 Å². The maximum Gasteiger partial charge on any atom is 0.341 e. The number of aromatic nitrogens is 1. The van der Waals surface area contributed by atoms with Gasteiger partial charge in [0.2, 0.25) is 0 Å². The fraction of sp³-hybridized carbons (Fsp3) is 0.227. The number of carbonyl (C=O) groups is 2. The smallest absolute Gasteiger partial charge is 0.341 e. The summed E-state index contributed by atoms with van der Waals surface area (Å²) < 4.78 is 10.0. The van der Waals surface area contributed by atoms with E-state index in [1.807, 2.05) is 24.3 Å². The standard InChI is InChI=1S/C22H22N2O4/c1-4-14-8-6-7-9-18(14)24-20-16-12-15(21(25)27-3)10-11-19(16)23-13-17(20)22(26)28-5-2/h6-13H,4-5H2,1-3H3,(H,23,24). The third kappa shape index (κ3) is 3.81. The van der Waals surface area contributed by atoms with Crippen molar-refractivity contribution >= 4 is 34.2 Å². The van der Waals surface area contributed by atoms with Crippen molar-refractivity contribution in [3.05, 3.63) is 65.4 Å². The minimum Gasteiger partial charge on any atom is -0.465 e. The number of fused-ring (bicyclic) bond motifs is 1. The van der Waals surface area contributed by atoms with Crippen LogP contribution >= 0.6 is 0 Å². The fourth-order valence-electron chi connectivity index (χ4n) is 3.02. The molecule has 28 heavy (non-hydrogen) atoms. The van der Waals surface area contributed by atoms with E-state index >= 15 is 0 Å². The molecule has 0 aliphatic heterocycles. The minimum absolute atomic E-state index is 0.254. The van der Waals surface area contributed by atoms with Crippen molar-refractivity contribution in [1.82, 2.24) is 4.98 Å². The molecule has 1 heterocycles. The maximum atomic E-state index is 12.5. The van der Waals surface area contributed by atoms with Gasteiger partial charge < -0.3 is 14.8 Å². The van der Waals surface area contributed by atoms with Crippen LogP contribution in [0.5, 0.6) is 0 Å². The second-order valence-corrected chi connectivity index (χ2v) is 6.13. The number of nitrogens with one attached hydrogen (secondary N) is 1. The first-order chi connectivity index (χ1) is 13.6. The van der Waals surface area contributed by atoms with Crippen LogP contribution < -0.4 is 5.32 Å². The summed E-state index contributed by atoms with van der Waals surface area (Å²) >= 11 is 0. The lowest BCUT2D eigenvalue weighted by Gasteiger charge is -2.16. The highest BCUT2D eigenvalue weighted by atomic mass is 16.5. The van der Waals surface area contributed by atoms with Crippen molar-refractivity contribution in [2.45, 2.75) is 20.3 Å². The number of hydrogen-bond acceptors (Lipinski definition) is 6. The number of para-hydroxylation sites is 1. The topological polar surface area (TPSA) is 77.5 Å². The second-order valence-electron chi connectivity index (χ2n) is 6.13. The number of esters is 2. The van der Waals surface area contributed by atoms with Crippen molar-refractivity contribution in [1.29, 1.82) is 0 Å². The molecule has 6 heteroatoms. The molecule has 0 fully saturated rings. The molecule has 1 aromatic heterocycles. The Hall–Kier alpha value is -3.41. The lowest BCUT2D eigenvalue weighted by Crippen LogP contribution is -2.10. The largest absolute Gasteiger partial charge is 0.465 e. The Balaban J connectivity index is 2.22. The molecule has 0 saturated heterocycles. The SMILES string of the molecule is CCOC(=O)c1cnc2ccc(C(=O)OC)cc2c1Nc1ccccc1CC. The minimum atomic E-state index is -0.475. The molecule has 0 amide bonds. The summed E-state index contributed by atoms with van der Waals surface area (Å²) in [7, 11) is 1.33. The van der Waals surface area contributed by atoms with E-state index in [-0.39, 0.29) is 6.61 Å². The molecule has 0 radical (unpaired) electrons. The maximum absolute atomic E-state index is 12.5. The summed E-state index contributed by atoms with van der Waals surface area (Å²) in [5.41, 5.74) is 3.87. The van der Waals surface area contributed by atoms with Crippen molar-refractivity contribution in [2.24, 2.45) is 0 Å². The van der Waals surface area contributed by atoms with Crippen LogP contribution in [-0.4, -0.2) is 30.6 Å². The van der Waals surface area contributed by atoms with Gasteiger partial charge in [-0.2, -0.15) is 0 Å². The number of pyridine rings is 1. The van der Waals surface area contributed by atoms with E-state index in [2.05, 4.69) is 17.2 Å². The van der Waals surface area contributed by atoms with E-state index in [0.717, 1.165) is 17.7 Å². The van der Waals surface area contributed by atoms with Crippen LogP contribution in [0.3, 0.4) is 0 Å². The molecule has 0 spiro atoms. The number of rotatable bonds is 6. The number of hydrogen-bond donors (Lipinski definition) is 1. The normalized spacial score (nSPS) is 10.5. The average molecular weight is 378 g/mol. The molecule has 0 aliphatic rings. The van der Waals surface area contributed by atoms with Crippen LogP contribution in [-0.2, 0) is 15.9 Å². The molecule has 6 nitrogen and oxygen atoms in total. The predicted molar refractivity (Wildman–Crippen MR) is 108 cm³/mol. The van der Waals surface area contributed by atoms with Gasteiger partial charge in [0.15, 0.2) is 0 Å². The van der Waals surface area contributed by atoms with Gasteiger partial charge in [-0.25, -0.2) is 9.59 Å². The number of methoxy groups -OCH3 is 1. The molecule has 144 valence electrons. The Labute approximate surface area is 163 Å². The summed E-state index contributed by atoms with van der Waals surface area (Å²) in [5.74, 6) is -0.930. The highest BCUT2D eigenvalue weighted by molar-refractivity contribution is 6.07. The van der Waals surface area contributed by atoms with Gasteiger partial charge in [-0.15, -0.1) is 0 Å². The highest BCUT2D eigenvalue weighted by Gasteiger charge is 2.19. The number of carbonyl (C=O) groups excluding carboxylic acids is 2. The van der Waals surface area contributed by atoms with E-state index in [0.29, 0.717) is 27.7 Å². The van der Waals surface area contributed by atoms with Gasteiger partial charge in [0.1, 0.15) is 5.56 Å². The quantitative estimate of drug-likeness (QED) is 0.636. The van der Waals surface area contributed by atoms with E-state index in [4.69, 9.17) is 9.47 Å². The Morgan fingerprint density at radius 2 is 1.86 bits per heavy atom. The van der Waals surface area contributed by atoms with Gasteiger partial charge in [-0.3, -0.25) is 4.98 Å².